The number of sulfonamides is 2. The highest BCUT2D eigenvalue weighted by Crippen LogP contribution is 2.38. The number of nitrogens with one attached hydrogen (secondary N) is 2. The zero-order valence-electron chi connectivity index (χ0n) is 24.4. The van der Waals surface area contributed by atoms with Crippen LogP contribution in [0.2, 0.25) is 0 Å². The van der Waals surface area contributed by atoms with Crippen LogP contribution in [0.3, 0.4) is 0 Å². The van der Waals surface area contributed by atoms with Crippen molar-refractivity contribution in [1.29, 1.82) is 0 Å². The molecular formula is C30H28N4O10S2. The normalized spacial score (nSPS) is 11.4. The Bertz CT molecular complexity index is 1900. The summed E-state index contributed by atoms with van der Waals surface area (Å²) >= 11 is 0. The first kappa shape index (κ1) is 33.4. The molecule has 16 heteroatoms. The van der Waals surface area contributed by atoms with E-state index in [1.807, 2.05) is 0 Å². The maximum Gasteiger partial charge on any atom is 0.324 e. The number of hydrogen-bond acceptors (Lipinski definition) is 8. The number of benzene rings is 4. The number of carbonyl (C=O) groups excluding carboxylic acids is 2. The summed E-state index contributed by atoms with van der Waals surface area (Å²) in [5.41, 5.74) is 0.408. The Morgan fingerprint density at radius 1 is 0.565 bits per heavy atom. The number of anilines is 4. The summed E-state index contributed by atoms with van der Waals surface area (Å²) in [6.45, 7) is 0.551. The number of rotatable bonds is 12. The van der Waals surface area contributed by atoms with Crippen LogP contribution in [-0.2, 0) is 39.2 Å². The summed E-state index contributed by atoms with van der Waals surface area (Å²) in [5, 5.41) is 24.6. The maximum atomic E-state index is 13.8. The summed E-state index contributed by atoms with van der Waals surface area (Å²) in [7, 11) is -9.08. The van der Waals surface area contributed by atoms with E-state index in [2.05, 4.69) is 10.6 Å². The lowest BCUT2D eigenvalue weighted by atomic mass is 10.1. The minimum absolute atomic E-state index is 0.111. The molecule has 4 aromatic rings. The zero-order valence-corrected chi connectivity index (χ0v) is 26.0. The molecule has 0 unspecified atom stereocenters. The molecule has 0 aliphatic rings. The Morgan fingerprint density at radius 3 is 1.17 bits per heavy atom. The fourth-order valence-electron chi connectivity index (χ4n) is 4.63. The number of hydrogen-bond donors (Lipinski definition) is 4. The van der Waals surface area contributed by atoms with Gasteiger partial charge in [-0.3, -0.25) is 27.8 Å². The van der Waals surface area contributed by atoms with Crippen molar-refractivity contribution >= 4 is 77.3 Å². The Labute approximate surface area is 264 Å². The van der Waals surface area contributed by atoms with Crippen molar-refractivity contribution in [2.24, 2.45) is 0 Å². The fraction of sp³-hybridized carbons (Fsp3) is 0.133. The SMILES string of the molecule is CC(=O)Nc1ccc(S(=O)(=O)N(CC(=O)O)c2ccc(N(CC(=O)O)S(=O)(=O)c3ccc(NC(C)=O)cc3)c3ccccc23)cc1. The highest BCUT2D eigenvalue weighted by Gasteiger charge is 2.32. The van der Waals surface area contributed by atoms with Gasteiger partial charge in [-0.05, 0) is 60.7 Å². The molecule has 0 saturated heterocycles. The minimum Gasteiger partial charge on any atom is -0.480 e. The van der Waals surface area contributed by atoms with E-state index in [0.717, 1.165) is 0 Å². The second-order valence-electron chi connectivity index (χ2n) is 9.87. The van der Waals surface area contributed by atoms with Crippen LogP contribution in [0.1, 0.15) is 13.8 Å². The summed E-state index contributed by atoms with van der Waals surface area (Å²) in [6, 6.07) is 18.5. The average Bonchev–Trinajstić information content (AvgIpc) is 2.98. The Morgan fingerprint density at radius 2 is 0.891 bits per heavy atom. The topological polar surface area (TPSA) is 208 Å². The van der Waals surface area contributed by atoms with Gasteiger partial charge in [0.25, 0.3) is 20.0 Å². The van der Waals surface area contributed by atoms with E-state index < -0.39 is 45.1 Å². The third-order valence-corrected chi connectivity index (χ3v) is 10.0. The molecule has 46 heavy (non-hydrogen) atoms. The van der Waals surface area contributed by atoms with E-state index in [1.54, 1.807) is 0 Å². The molecular weight excluding hydrogens is 640 g/mol. The van der Waals surface area contributed by atoms with Crippen LogP contribution < -0.4 is 19.2 Å². The third kappa shape index (κ3) is 7.24. The minimum atomic E-state index is -4.54. The lowest BCUT2D eigenvalue weighted by molar-refractivity contribution is -0.136. The van der Waals surface area contributed by atoms with Crippen LogP contribution >= 0.6 is 0 Å². The average molecular weight is 669 g/mol. The van der Waals surface area contributed by atoms with Crippen LogP contribution in [0.25, 0.3) is 10.8 Å². The standard InChI is InChI=1S/C30H28N4O10S2/c1-19(35)31-21-7-11-23(12-8-21)45(41,42)33(17-29(37)38)27-15-16-28(26-6-4-3-5-25(26)27)34(18-30(39)40)46(43,44)24-13-9-22(10-14-24)32-20(2)36/h3-16H,17-18H2,1-2H3,(H,31,35)(H,32,36)(H,37,38)(H,39,40). The smallest absolute Gasteiger partial charge is 0.324 e. The second-order valence-corrected chi connectivity index (χ2v) is 13.6. The van der Waals surface area contributed by atoms with Crippen LogP contribution in [-0.4, -0.2) is 63.9 Å². The van der Waals surface area contributed by atoms with Gasteiger partial charge in [0.05, 0.1) is 21.2 Å². The lowest BCUT2D eigenvalue weighted by Crippen LogP contribution is -2.37. The quantitative estimate of drug-likeness (QED) is 0.173. The molecule has 0 spiro atoms. The van der Waals surface area contributed by atoms with E-state index in [-0.39, 0.29) is 43.8 Å². The van der Waals surface area contributed by atoms with Crippen molar-refractivity contribution < 1.29 is 46.2 Å². The van der Waals surface area contributed by atoms with Gasteiger partial charge in [0.1, 0.15) is 13.1 Å². The van der Waals surface area contributed by atoms with Gasteiger partial charge >= 0.3 is 11.9 Å². The van der Waals surface area contributed by atoms with Crippen LogP contribution in [0, 0.1) is 0 Å². The molecule has 0 aliphatic carbocycles. The fourth-order valence-corrected chi connectivity index (χ4v) is 7.49. The highest BCUT2D eigenvalue weighted by atomic mass is 32.2. The van der Waals surface area contributed by atoms with E-state index in [9.17, 15) is 46.2 Å². The lowest BCUT2D eigenvalue weighted by Gasteiger charge is -2.28. The molecule has 240 valence electrons. The number of carboxylic acid groups (broad SMARTS) is 2. The predicted molar refractivity (Wildman–Crippen MR) is 170 cm³/mol. The molecule has 4 aromatic carbocycles. The Kier molecular flexibility index (Phi) is 9.63. The molecule has 0 fully saturated rings. The first-order valence-corrected chi connectivity index (χ1v) is 16.3. The number of aliphatic carboxylic acids is 2. The highest BCUT2D eigenvalue weighted by molar-refractivity contribution is 7.93. The Balaban J connectivity index is 1.87. The molecule has 0 aromatic heterocycles. The summed E-state index contributed by atoms with van der Waals surface area (Å²) < 4.78 is 56.5. The molecule has 0 atom stereocenters. The molecule has 0 saturated carbocycles. The Hall–Kier alpha value is -5.48. The molecule has 4 N–H and O–H groups in total. The molecule has 0 heterocycles. The predicted octanol–water partition coefficient (Wildman–Crippen LogP) is 3.32. The van der Waals surface area contributed by atoms with Gasteiger partial charge in [-0.2, -0.15) is 0 Å². The first-order chi connectivity index (χ1) is 21.6. The van der Waals surface area contributed by atoms with Crippen LogP contribution in [0.15, 0.2) is 94.7 Å². The number of carboxylic acids is 2. The van der Waals surface area contributed by atoms with Gasteiger partial charge in [-0.15, -0.1) is 0 Å². The van der Waals surface area contributed by atoms with Crippen molar-refractivity contribution in [2.45, 2.75) is 23.6 Å². The van der Waals surface area contributed by atoms with Crippen molar-refractivity contribution in [3.8, 4) is 0 Å². The molecule has 0 radical (unpaired) electrons. The number of nitrogens with zero attached hydrogens (tertiary/aromatic N) is 2. The monoisotopic (exact) mass is 668 g/mol. The molecule has 4 rings (SSSR count). The van der Waals surface area contributed by atoms with Crippen molar-refractivity contribution in [1.82, 2.24) is 0 Å². The van der Waals surface area contributed by atoms with E-state index in [1.165, 1.54) is 98.8 Å². The van der Waals surface area contributed by atoms with Gasteiger partial charge in [0.15, 0.2) is 0 Å². The van der Waals surface area contributed by atoms with E-state index in [4.69, 9.17) is 0 Å². The summed E-state index contributed by atoms with van der Waals surface area (Å²) in [5.74, 6) is -3.72. The van der Waals surface area contributed by atoms with Gasteiger partial charge in [-0.25, -0.2) is 16.8 Å². The van der Waals surface area contributed by atoms with E-state index >= 15 is 0 Å². The largest absolute Gasteiger partial charge is 0.480 e. The summed E-state index contributed by atoms with van der Waals surface area (Å²) in [6.07, 6.45) is 0. The van der Waals surface area contributed by atoms with Gasteiger partial charge in [0.2, 0.25) is 11.8 Å². The zero-order chi connectivity index (χ0) is 33.8. The molecule has 14 nitrogen and oxygen atoms in total. The van der Waals surface area contributed by atoms with Crippen molar-refractivity contribution in [2.75, 3.05) is 32.3 Å². The molecule has 0 bridgehead atoms. The van der Waals surface area contributed by atoms with Gasteiger partial charge < -0.3 is 20.8 Å². The van der Waals surface area contributed by atoms with Gasteiger partial charge in [-0.1, -0.05) is 24.3 Å². The third-order valence-electron chi connectivity index (χ3n) is 6.50. The van der Waals surface area contributed by atoms with Crippen LogP contribution in [0.5, 0.6) is 0 Å². The number of amides is 2. The molecule has 2 amide bonds. The second kappa shape index (κ2) is 13.3. The van der Waals surface area contributed by atoms with Crippen molar-refractivity contribution in [3.63, 3.8) is 0 Å². The van der Waals surface area contributed by atoms with Crippen molar-refractivity contribution in [3.05, 3.63) is 84.9 Å². The first-order valence-electron chi connectivity index (χ1n) is 13.4. The summed E-state index contributed by atoms with van der Waals surface area (Å²) in [4.78, 5) is 46.0. The van der Waals surface area contributed by atoms with Crippen LogP contribution in [0.4, 0.5) is 22.7 Å². The van der Waals surface area contributed by atoms with E-state index in [0.29, 0.717) is 20.0 Å². The number of carbonyl (C=O) groups is 4. The number of fused-ring (bicyclic) bond motifs is 1. The van der Waals surface area contributed by atoms with Gasteiger partial charge in [0, 0.05) is 36.0 Å². The molecule has 0 aliphatic heterocycles. The maximum absolute atomic E-state index is 13.8.